The molecular weight excluding hydrogens is 334 g/mol. The number of amides is 2. The zero-order chi connectivity index (χ0) is 18.1. The molecule has 0 bridgehead atoms. The average Bonchev–Trinajstić information content (AvgIpc) is 2.64. The van der Waals surface area contributed by atoms with Crippen LogP contribution in [0.15, 0.2) is 42.6 Å². The van der Waals surface area contributed by atoms with E-state index in [0.717, 1.165) is 5.69 Å². The second-order valence-electron chi connectivity index (χ2n) is 6.64. The van der Waals surface area contributed by atoms with Crippen LogP contribution in [-0.2, 0) is 4.79 Å². The van der Waals surface area contributed by atoms with Gasteiger partial charge in [-0.1, -0.05) is 6.07 Å². The summed E-state index contributed by atoms with van der Waals surface area (Å²) in [6, 6.07) is 10.2. The van der Waals surface area contributed by atoms with Crippen molar-refractivity contribution in [1.29, 1.82) is 0 Å². The number of aromatic nitrogens is 1. The fourth-order valence-corrected chi connectivity index (χ4v) is 3.34. The molecule has 2 amide bonds. The van der Waals surface area contributed by atoms with Crippen molar-refractivity contribution in [2.24, 2.45) is 5.92 Å². The van der Waals surface area contributed by atoms with E-state index in [1.165, 1.54) is 0 Å². The molecule has 0 saturated heterocycles. The van der Waals surface area contributed by atoms with Gasteiger partial charge in [0.05, 0.1) is 23.5 Å². The Bertz CT molecular complexity index is 834. The average molecular weight is 353 g/mol. The van der Waals surface area contributed by atoms with E-state index in [-0.39, 0.29) is 36.5 Å². The van der Waals surface area contributed by atoms with Crippen LogP contribution in [0.3, 0.4) is 0 Å². The second-order valence-corrected chi connectivity index (χ2v) is 6.64. The minimum Gasteiger partial charge on any atom is -0.482 e. The Morgan fingerprint density at radius 3 is 2.88 bits per heavy atom. The van der Waals surface area contributed by atoms with Crippen molar-refractivity contribution < 1.29 is 19.4 Å². The predicted octanol–water partition coefficient (Wildman–Crippen LogP) is 1.65. The molecule has 0 radical (unpaired) electrons. The Balaban J connectivity index is 1.54. The van der Waals surface area contributed by atoms with Crippen molar-refractivity contribution in [2.45, 2.75) is 25.0 Å². The van der Waals surface area contributed by atoms with Crippen molar-refractivity contribution in [3.63, 3.8) is 0 Å². The van der Waals surface area contributed by atoms with Crippen LogP contribution in [0.25, 0.3) is 0 Å². The zero-order valence-electron chi connectivity index (χ0n) is 14.0. The highest BCUT2D eigenvalue weighted by atomic mass is 16.5. The summed E-state index contributed by atoms with van der Waals surface area (Å²) in [7, 11) is 0. The third kappa shape index (κ3) is 3.25. The molecule has 1 fully saturated rings. The number of rotatable bonds is 4. The smallest absolute Gasteiger partial charge is 0.262 e. The molecule has 2 heterocycles. The van der Waals surface area contributed by atoms with Crippen molar-refractivity contribution in [2.75, 3.05) is 11.9 Å². The minimum absolute atomic E-state index is 0.0609. The van der Waals surface area contributed by atoms with E-state index in [9.17, 15) is 14.7 Å². The largest absolute Gasteiger partial charge is 0.482 e. The van der Waals surface area contributed by atoms with Crippen LogP contribution >= 0.6 is 0 Å². The highest BCUT2D eigenvalue weighted by molar-refractivity contribution is 5.99. The monoisotopic (exact) mass is 353 g/mol. The van der Waals surface area contributed by atoms with Crippen molar-refractivity contribution in [3.8, 4) is 5.75 Å². The van der Waals surface area contributed by atoms with Crippen LogP contribution in [0.1, 0.15) is 34.9 Å². The first kappa shape index (κ1) is 16.5. The van der Waals surface area contributed by atoms with E-state index in [1.807, 2.05) is 18.2 Å². The number of nitrogens with zero attached hydrogens (tertiary/aromatic N) is 1. The van der Waals surface area contributed by atoms with Crippen LogP contribution in [-0.4, -0.2) is 34.6 Å². The molecule has 1 saturated carbocycles. The van der Waals surface area contributed by atoms with Crippen molar-refractivity contribution in [1.82, 2.24) is 10.3 Å². The Morgan fingerprint density at radius 1 is 1.31 bits per heavy atom. The van der Waals surface area contributed by atoms with Gasteiger partial charge in [-0.2, -0.15) is 0 Å². The molecule has 1 aromatic heterocycles. The number of ether oxygens (including phenoxy) is 1. The van der Waals surface area contributed by atoms with Crippen LogP contribution < -0.4 is 15.4 Å². The molecule has 1 atom stereocenters. The minimum atomic E-state index is -0.316. The van der Waals surface area contributed by atoms with E-state index >= 15 is 0 Å². The Kier molecular flexibility index (Phi) is 4.30. The molecule has 1 unspecified atom stereocenters. The summed E-state index contributed by atoms with van der Waals surface area (Å²) in [6.07, 6.45) is 2.66. The standard InChI is InChI=1S/C19H19N3O4/c23-13-7-12(8-13)18(15-3-1-2-6-20-15)22-19(25)11-4-5-14-16(9-11)26-10-17(24)21-14/h1-6,9,12-13,18,23H,7-8,10H2,(H,21,24)(H,22,25). The van der Waals surface area contributed by atoms with E-state index in [2.05, 4.69) is 15.6 Å². The van der Waals surface area contributed by atoms with Gasteiger partial charge in [-0.05, 0) is 49.1 Å². The summed E-state index contributed by atoms with van der Waals surface area (Å²) < 4.78 is 5.37. The normalized spacial score (nSPS) is 22.3. The maximum absolute atomic E-state index is 12.8. The molecule has 0 spiro atoms. The van der Waals surface area contributed by atoms with Crippen molar-refractivity contribution in [3.05, 3.63) is 53.9 Å². The number of aliphatic hydroxyl groups excluding tert-OH is 1. The number of nitrogens with one attached hydrogen (secondary N) is 2. The molecule has 134 valence electrons. The number of hydrogen-bond acceptors (Lipinski definition) is 5. The Morgan fingerprint density at radius 2 is 2.15 bits per heavy atom. The molecule has 26 heavy (non-hydrogen) atoms. The molecular formula is C19H19N3O4. The van der Waals surface area contributed by atoms with Gasteiger partial charge < -0.3 is 20.5 Å². The van der Waals surface area contributed by atoms with Crippen LogP contribution in [0.4, 0.5) is 5.69 Å². The summed E-state index contributed by atoms with van der Waals surface area (Å²) in [6.45, 7) is -0.0609. The topological polar surface area (TPSA) is 101 Å². The van der Waals surface area contributed by atoms with Gasteiger partial charge in [0, 0.05) is 11.8 Å². The van der Waals surface area contributed by atoms with Crippen LogP contribution in [0, 0.1) is 5.92 Å². The molecule has 3 N–H and O–H groups in total. The van der Waals surface area contributed by atoms with E-state index in [1.54, 1.807) is 24.4 Å². The van der Waals surface area contributed by atoms with Crippen LogP contribution in [0.2, 0.25) is 0 Å². The van der Waals surface area contributed by atoms with Gasteiger partial charge in [0.25, 0.3) is 11.8 Å². The van der Waals surface area contributed by atoms with E-state index in [4.69, 9.17) is 4.74 Å². The first-order valence-corrected chi connectivity index (χ1v) is 8.56. The molecule has 1 aromatic carbocycles. The molecule has 7 nitrogen and oxygen atoms in total. The number of aliphatic hydroxyl groups is 1. The van der Waals surface area contributed by atoms with Crippen molar-refractivity contribution >= 4 is 17.5 Å². The zero-order valence-corrected chi connectivity index (χ0v) is 14.0. The first-order valence-electron chi connectivity index (χ1n) is 8.56. The fraction of sp³-hybridized carbons (Fsp3) is 0.316. The van der Waals surface area contributed by atoms with Gasteiger partial charge in [-0.3, -0.25) is 14.6 Å². The lowest BCUT2D eigenvalue weighted by Crippen LogP contribution is -2.41. The number of pyridine rings is 1. The second kappa shape index (κ2) is 6.76. The lowest BCUT2D eigenvalue weighted by Gasteiger charge is -2.37. The van der Waals surface area contributed by atoms with Gasteiger partial charge in [-0.25, -0.2) is 0 Å². The first-order chi connectivity index (χ1) is 12.6. The molecule has 2 aromatic rings. The number of fused-ring (bicyclic) bond motifs is 1. The number of carbonyl (C=O) groups is 2. The third-order valence-corrected chi connectivity index (χ3v) is 4.79. The van der Waals surface area contributed by atoms with E-state index < -0.39 is 0 Å². The predicted molar refractivity (Wildman–Crippen MR) is 93.7 cm³/mol. The summed E-state index contributed by atoms with van der Waals surface area (Å²) in [4.78, 5) is 28.5. The van der Waals surface area contributed by atoms with Gasteiger partial charge in [0.2, 0.25) is 0 Å². The van der Waals surface area contributed by atoms with Crippen LogP contribution in [0.5, 0.6) is 5.75 Å². The molecule has 1 aliphatic carbocycles. The number of anilines is 1. The highest BCUT2D eigenvalue weighted by Crippen LogP contribution is 2.37. The van der Waals surface area contributed by atoms with Gasteiger partial charge >= 0.3 is 0 Å². The summed E-state index contributed by atoms with van der Waals surface area (Å²) in [5.41, 5.74) is 1.78. The number of benzene rings is 1. The molecule has 4 rings (SSSR count). The lowest BCUT2D eigenvalue weighted by molar-refractivity contribution is -0.118. The van der Waals surface area contributed by atoms with Gasteiger partial charge in [-0.15, -0.1) is 0 Å². The van der Waals surface area contributed by atoms with E-state index in [0.29, 0.717) is 29.8 Å². The highest BCUT2D eigenvalue weighted by Gasteiger charge is 2.36. The quantitative estimate of drug-likeness (QED) is 0.776. The summed E-state index contributed by atoms with van der Waals surface area (Å²) >= 11 is 0. The molecule has 7 heteroatoms. The van der Waals surface area contributed by atoms with Gasteiger partial charge in [0.15, 0.2) is 6.61 Å². The maximum Gasteiger partial charge on any atom is 0.262 e. The Hall–Kier alpha value is -2.93. The number of hydrogen-bond donors (Lipinski definition) is 3. The molecule has 2 aliphatic rings. The maximum atomic E-state index is 12.8. The summed E-state index contributed by atoms with van der Waals surface area (Å²) in [5.74, 6) is 0.168. The third-order valence-electron chi connectivity index (χ3n) is 4.79. The lowest BCUT2D eigenvalue weighted by atomic mass is 9.76. The Labute approximate surface area is 150 Å². The SMILES string of the molecule is O=C1COc2cc(C(=O)NC(c3ccccn3)C3CC(O)C3)ccc2N1. The number of carbonyl (C=O) groups excluding carboxylic acids is 2. The van der Waals surface area contributed by atoms with Gasteiger partial charge in [0.1, 0.15) is 5.75 Å². The fourth-order valence-electron chi connectivity index (χ4n) is 3.34. The molecule has 1 aliphatic heterocycles. The summed E-state index contributed by atoms with van der Waals surface area (Å²) in [5, 5.41) is 15.4.